The van der Waals surface area contributed by atoms with Crippen molar-refractivity contribution in [3.05, 3.63) is 89.0 Å². The first-order valence-corrected chi connectivity index (χ1v) is 12.0. The summed E-state index contributed by atoms with van der Waals surface area (Å²) in [7, 11) is -2.32. The number of esters is 1. The molecule has 0 saturated heterocycles. The molecule has 3 N–H and O–H groups in total. The first-order valence-electron chi connectivity index (χ1n) is 10.5. The van der Waals surface area contributed by atoms with Gasteiger partial charge in [-0.3, -0.25) is 4.72 Å². The van der Waals surface area contributed by atoms with Gasteiger partial charge in [-0.2, -0.15) is 0 Å². The molecule has 1 heterocycles. The van der Waals surface area contributed by atoms with E-state index in [0.717, 1.165) is 16.8 Å². The Kier molecular flexibility index (Phi) is 7.73. The minimum atomic E-state index is -3.69. The highest BCUT2D eigenvalue weighted by Gasteiger charge is 2.22. The van der Waals surface area contributed by atoms with Crippen LogP contribution in [0.5, 0.6) is 0 Å². The van der Waals surface area contributed by atoms with E-state index < -0.39 is 16.1 Å². The largest absolute Gasteiger partial charge is 0.465 e. The zero-order valence-corrected chi connectivity index (χ0v) is 19.6. The van der Waals surface area contributed by atoms with E-state index in [4.69, 9.17) is 0 Å². The summed E-state index contributed by atoms with van der Waals surface area (Å²) in [4.78, 5) is 10.9. The van der Waals surface area contributed by atoms with Crippen molar-refractivity contribution in [1.82, 2.24) is 0 Å². The molecule has 0 aromatic heterocycles. The van der Waals surface area contributed by atoms with Crippen molar-refractivity contribution < 1.29 is 23.1 Å². The summed E-state index contributed by atoms with van der Waals surface area (Å²) in [5.41, 5.74) is 4.66. The number of aliphatic hydroxyl groups is 1. The Hall–Kier alpha value is -3.36. The number of sulfonamides is 1. The van der Waals surface area contributed by atoms with Crippen molar-refractivity contribution in [2.24, 2.45) is 0 Å². The fourth-order valence-electron chi connectivity index (χ4n) is 3.35. The van der Waals surface area contributed by atoms with Crippen LogP contribution in [0.2, 0.25) is 0 Å². The van der Waals surface area contributed by atoms with E-state index >= 15 is 0 Å². The summed E-state index contributed by atoms with van der Waals surface area (Å²) in [5.74, 6) is -0.291. The standard InChI is InChI=1S/C17H20N2O3S.C8H8O2/c1-11-3-4-13(9-12(11)2)19-23(21,22)14-5-6-16-15(10-14)17(20)7-8-18-16;1-10-8(9)7-5-3-2-4-6-7/h3-6,9-10,17-20H,7-8H2,1-2H3;2-6H,1H3/t17-;/m0./s1. The third-order valence-corrected chi connectivity index (χ3v) is 6.76. The van der Waals surface area contributed by atoms with Crippen molar-refractivity contribution in [3.63, 3.8) is 0 Å². The monoisotopic (exact) mass is 468 g/mol. The second-order valence-corrected chi connectivity index (χ2v) is 9.42. The molecule has 0 unspecified atom stereocenters. The summed E-state index contributed by atoms with van der Waals surface area (Å²) in [5, 5.41) is 13.2. The van der Waals surface area contributed by atoms with Gasteiger partial charge < -0.3 is 15.2 Å². The number of carbonyl (C=O) groups is 1. The van der Waals surface area contributed by atoms with E-state index in [1.807, 2.05) is 32.0 Å². The number of aliphatic hydroxyl groups excluding tert-OH is 1. The summed E-state index contributed by atoms with van der Waals surface area (Å²) in [6, 6.07) is 19.1. The fourth-order valence-corrected chi connectivity index (χ4v) is 4.44. The molecule has 7 nitrogen and oxygen atoms in total. The van der Waals surface area contributed by atoms with Crippen LogP contribution in [-0.4, -0.2) is 33.1 Å². The lowest BCUT2D eigenvalue weighted by molar-refractivity contribution is 0.0600. The van der Waals surface area contributed by atoms with Gasteiger partial charge in [-0.15, -0.1) is 0 Å². The maximum atomic E-state index is 12.6. The van der Waals surface area contributed by atoms with Crippen LogP contribution in [0.3, 0.4) is 0 Å². The number of rotatable bonds is 4. The van der Waals surface area contributed by atoms with Gasteiger partial charge in [-0.05, 0) is 73.9 Å². The molecule has 3 aromatic rings. The summed E-state index contributed by atoms with van der Waals surface area (Å²) in [6.45, 7) is 4.60. The third kappa shape index (κ3) is 6.12. The first-order chi connectivity index (χ1) is 15.7. The van der Waals surface area contributed by atoms with Gasteiger partial charge in [0.1, 0.15) is 0 Å². The van der Waals surface area contributed by atoms with Gasteiger partial charge in [0, 0.05) is 23.5 Å². The maximum Gasteiger partial charge on any atom is 0.337 e. The number of nitrogens with one attached hydrogen (secondary N) is 2. The van der Waals surface area contributed by atoms with Crippen LogP contribution >= 0.6 is 0 Å². The van der Waals surface area contributed by atoms with Gasteiger partial charge in [0.25, 0.3) is 10.0 Å². The Labute approximate surface area is 194 Å². The van der Waals surface area contributed by atoms with Crippen molar-refractivity contribution in [2.75, 3.05) is 23.7 Å². The number of anilines is 2. The third-order valence-electron chi connectivity index (χ3n) is 5.38. The SMILES string of the molecule is COC(=O)c1ccccc1.Cc1ccc(NS(=O)(=O)c2ccc3c(c2)[C@@H](O)CCN3)cc1C. The minimum absolute atomic E-state index is 0.150. The van der Waals surface area contributed by atoms with Crippen LogP contribution in [0.1, 0.15) is 39.6 Å². The van der Waals surface area contributed by atoms with Crippen molar-refractivity contribution >= 4 is 27.4 Å². The second-order valence-electron chi connectivity index (χ2n) is 7.74. The molecule has 0 aliphatic carbocycles. The molecule has 1 aliphatic heterocycles. The average molecular weight is 469 g/mol. The lowest BCUT2D eigenvalue weighted by Crippen LogP contribution is -2.18. The summed E-state index contributed by atoms with van der Waals surface area (Å²) >= 11 is 0. The molecule has 8 heteroatoms. The van der Waals surface area contributed by atoms with Crippen LogP contribution in [0.25, 0.3) is 0 Å². The minimum Gasteiger partial charge on any atom is -0.465 e. The molecular formula is C25H28N2O5S. The predicted molar refractivity (Wildman–Crippen MR) is 129 cm³/mol. The van der Waals surface area contributed by atoms with Crippen molar-refractivity contribution in [1.29, 1.82) is 0 Å². The number of methoxy groups -OCH3 is 1. The van der Waals surface area contributed by atoms with Crippen LogP contribution < -0.4 is 10.0 Å². The normalized spacial score (nSPS) is 14.7. The first kappa shape index (κ1) is 24.3. The molecule has 1 atom stereocenters. The van der Waals surface area contributed by atoms with E-state index in [2.05, 4.69) is 14.8 Å². The molecule has 1 aliphatic rings. The zero-order valence-electron chi connectivity index (χ0n) is 18.8. The topological polar surface area (TPSA) is 105 Å². The van der Waals surface area contributed by atoms with Gasteiger partial charge in [0.15, 0.2) is 0 Å². The molecule has 33 heavy (non-hydrogen) atoms. The molecule has 174 valence electrons. The molecule has 0 spiro atoms. The molecular weight excluding hydrogens is 440 g/mol. The number of carbonyl (C=O) groups excluding carboxylic acids is 1. The Balaban J connectivity index is 0.000000257. The Morgan fingerprint density at radius 3 is 2.42 bits per heavy atom. The Morgan fingerprint density at radius 2 is 1.76 bits per heavy atom. The van der Waals surface area contributed by atoms with Gasteiger partial charge >= 0.3 is 5.97 Å². The highest BCUT2D eigenvalue weighted by atomic mass is 32.2. The smallest absolute Gasteiger partial charge is 0.337 e. The quantitative estimate of drug-likeness (QED) is 0.490. The van der Waals surface area contributed by atoms with Gasteiger partial charge in [-0.1, -0.05) is 24.3 Å². The fraction of sp³-hybridized carbons (Fsp3) is 0.240. The van der Waals surface area contributed by atoms with Crippen LogP contribution in [-0.2, 0) is 14.8 Å². The number of hydrogen-bond donors (Lipinski definition) is 3. The van der Waals surface area contributed by atoms with Crippen LogP contribution in [0.15, 0.2) is 71.6 Å². The summed E-state index contributed by atoms with van der Waals surface area (Å²) in [6.07, 6.45) is -0.0656. The number of fused-ring (bicyclic) bond motifs is 1. The van der Waals surface area contributed by atoms with Crippen LogP contribution in [0, 0.1) is 13.8 Å². The summed E-state index contributed by atoms with van der Waals surface area (Å²) < 4.78 is 32.2. The number of aryl methyl sites for hydroxylation is 2. The number of ether oxygens (including phenoxy) is 1. The van der Waals surface area contributed by atoms with Gasteiger partial charge in [0.05, 0.1) is 23.7 Å². The molecule has 4 rings (SSSR count). The van der Waals surface area contributed by atoms with E-state index in [1.54, 1.807) is 42.5 Å². The highest BCUT2D eigenvalue weighted by Crippen LogP contribution is 2.32. The maximum absolute atomic E-state index is 12.6. The number of hydrogen-bond acceptors (Lipinski definition) is 6. The number of benzene rings is 3. The Bertz CT molecular complexity index is 1230. The molecule has 0 bridgehead atoms. The van der Waals surface area contributed by atoms with Crippen molar-refractivity contribution in [3.8, 4) is 0 Å². The van der Waals surface area contributed by atoms with Gasteiger partial charge in [0.2, 0.25) is 0 Å². The molecule has 0 radical (unpaired) electrons. The zero-order chi connectivity index (χ0) is 24.0. The molecule has 0 saturated carbocycles. The lowest BCUT2D eigenvalue weighted by Gasteiger charge is -2.23. The Morgan fingerprint density at radius 1 is 1.03 bits per heavy atom. The van der Waals surface area contributed by atoms with Crippen molar-refractivity contribution in [2.45, 2.75) is 31.3 Å². The molecule has 3 aromatic carbocycles. The van der Waals surface area contributed by atoms with E-state index in [-0.39, 0.29) is 10.9 Å². The molecule has 0 amide bonds. The second kappa shape index (κ2) is 10.5. The van der Waals surface area contributed by atoms with E-state index in [0.29, 0.717) is 29.8 Å². The molecule has 0 fully saturated rings. The highest BCUT2D eigenvalue weighted by molar-refractivity contribution is 7.92. The van der Waals surface area contributed by atoms with Gasteiger partial charge in [-0.25, -0.2) is 13.2 Å². The predicted octanol–water partition coefficient (Wildman–Crippen LogP) is 4.43. The average Bonchev–Trinajstić information content (AvgIpc) is 2.82. The lowest BCUT2D eigenvalue weighted by atomic mass is 10.0. The van der Waals surface area contributed by atoms with E-state index in [9.17, 15) is 18.3 Å². The van der Waals surface area contributed by atoms with E-state index in [1.165, 1.54) is 13.2 Å². The van der Waals surface area contributed by atoms with Crippen LogP contribution in [0.4, 0.5) is 11.4 Å².